The molecule has 24 heavy (non-hydrogen) atoms. The van der Waals surface area contributed by atoms with E-state index < -0.39 is 17.6 Å². The Balaban J connectivity index is 2.24. The van der Waals surface area contributed by atoms with Crippen LogP contribution in [0.25, 0.3) is 0 Å². The van der Waals surface area contributed by atoms with Crippen molar-refractivity contribution < 1.29 is 24.1 Å². The lowest BCUT2D eigenvalue weighted by Crippen LogP contribution is -2.25. The van der Waals surface area contributed by atoms with Gasteiger partial charge >= 0.3 is 5.97 Å². The fourth-order valence-corrected chi connectivity index (χ4v) is 2.81. The summed E-state index contributed by atoms with van der Waals surface area (Å²) in [5.41, 5.74) is 0.919. The van der Waals surface area contributed by atoms with Crippen LogP contribution >= 0.6 is 0 Å². The molecule has 0 radical (unpaired) electrons. The average molecular weight is 331 g/mol. The molecule has 7 nitrogen and oxygen atoms in total. The summed E-state index contributed by atoms with van der Waals surface area (Å²) in [6.07, 6.45) is -0.994. The molecule has 0 amide bonds. The fourth-order valence-electron chi connectivity index (χ4n) is 2.81. The molecule has 0 saturated heterocycles. The first-order valence-electron chi connectivity index (χ1n) is 7.25. The van der Waals surface area contributed by atoms with Crippen LogP contribution in [-0.2, 0) is 11.8 Å². The molecule has 0 saturated carbocycles. The van der Waals surface area contributed by atoms with Crippen molar-refractivity contribution in [3.63, 3.8) is 0 Å². The maximum Gasteiger partial charge on any atom is 0.339 e. The van der Waals surface area contributed by atoms with Crippen LogP contribution in [0, 0.1) is 6.92 Å². The highest BCUT2D eigenvalue weighted by atomic mass is 16.6. The number of esters is 1. The van der Waals surface area contributed by atoms with E-state index in [-0.39, 0.29) is 16.9 Å². The molecule has 1 atom stereocenters. The minimum Gasteiger partial charge on any atom is -0.507 e. The van der Waals surface area contributed by atoms with Crippen molar-refractivity contribution in [2.45, 2.75) is 13.0 Å². The molecule has 1 aromatic heterocycles. The van der Waals surface area contributed by atoms with Gasteiger partial charge < -0.3 is 23.9 Å². The second kappa shape index (κ2) is 5.59. The standard InChI is InChI=1S/C17H17NO6/c1-8-5-11(19)14(16(20)18(8)2)15-9-6-12(22-3)13(23-4)7-10(9)17(21)24-15/h5-7,15,19H,1-4H3/t15-/m1/s1. The summed E-state index contributed by atoms with van der Waals surface area (Å²) in [4.78, 5) is 24.7. The third kappa shape index (κ3) is 2.20. The van der Waals surface area contributed by atoms with E-state index in [1.165, 1.54) is 30.9 Å². The fraction of sp³-hybridized carbons (Fsp3) is 0.294. The van der Waals surface area contributed by atoms with Gasteiger partial charge in [-0.1, -0.05) is 0 Å². The van der Waals surface area contributed by atoms with Crippen LogP contribution in [0.4, 0.5) is 0 Å². The third-order valence-corrected chi connectivity index (χ3v) is 4.23. The lowest BCUT2D eigenvalue weighted by molar-refractivity contribution is 0.0450. The molecular weight excluding hydrogens is 314 g/mol. The molecule has 1 aliphatic rings. The number of aromatic nitrogens is 1. The van der Waals surface area contributed by atoms with E-state index in [0.29, 0.717) is 22.8 Å². The van der Waals surface area contributed by atoms with Crippen molar-refractivity contribution in [3.8, 4) is 17.2 Å². The van der Waals surface area contributed by atoms with Crippen LogP contribution in [0.2, 0.25) is 0 Å². The van der Waals surface area contributed by atoms with Crippen LogP contribution in [0.3, 0.4) is 0 Å². The van der Waals surface area contributed by atoms with Crippen molar-refractivity contribution in [1.82, 2.24) is 4.57 Å². The summed E-state index contributed by atoms with van der Waals surface area (Å²) in [7, 11) is 4.52. The topological polar surface area (TPSA) is 87.0 Å². The van der Waals surface area contributed by atoms with Gasteiger partial charge in [0.05, 0.1) is 19.8 Å². The largest absolute Gasteiger partial charge is 0.507 e. The Morgan fingerprint density at radius 3 is 2.38 bits per heavy atom. The minimum atomic E-state index is -0.994. The zero-order valence-electron chi connectivity index (χ0n) is 13.7. The summed E-state index contributed by atoms with van der Waals surface area (Å²) >= 11 is 0. The Morgan fingerprint density at radius 1 is 1.12 bits per heavy atom. The molecule has 1 aromatic carbocycles. The number of fused-ring (bicyclic) bond motifs is 1. The van der Waals surface area contributed by atoms with E-state index in [1.54, 1.807) is 20.0 Å². The molecule has 1 N–H and O–H groups in total. The quantitative estimate of drug-likeness (QED) is 0.861. The number of benzene rings is 1. The molecule has 2 heterocycles. The van der Waals surface area contributed by atoms with Crippen LogP contribution in [0.1, 0.15) is 33.3 Å². The average Bonchev–Trinajstić information content (AvgIpc) is 2.87. The van der Waals surface area contributed by atoms with Crippen LogP contribution in [0.5, 0.6) is 17.2 Å². The van der Waals surface area contributed by atoms with E-state index in [0.717, 1.165) is 0 Å². The van der Waals surface area contributed by atoms with E-state index in [9.17, 15) is 14.7 Å². The number of nitrogens with zero attached hydrogens (tertiary/aromatic N) is 1. The first-order chi connectivity index (χ1) is 11.4. The predicted octanol–water partition coefficient (Wildman–Crippen LogP) is 1.68. The third-order valence-electron chi connectivity index (χ3n) is 4.23. The van der Waals surface area contributed by atoms with Crippen molar-refractivity contribution in [2.75, 3.05) is 14.2 Å². The molecule has 126 valence electrons. The van der Waals surface area contributed by atoms with E-state index >= 15 is 0 Å². The van der Waals surface area contributed by atoms with Gasteiger partial charge in [-0.2, -0.15) is 0 Å². The van der Waals surface area contributed by atoms with E-state index in [4.69, 9.17) is 14.2 Å². The van der Waals surface area contributed by atoms with Crippen molar-refractivity contribution in [1.29, 1.82) is 0 Å². The Bertz CT molecular complexity index is 899. The number of hydrogen-bond donors (Lipinski definition) is 1. The maximum atomic E-state index is 12.5. The van der Waals surface area contributed by atoms with Crippen molar-refractivity contribution >= 4 is 5.97 Å². The summed E-state index contributed by atoms with van der Waals surface area (Å²) in [6.45, 7) is 1.70. The summed E-state index contributed by atoms with van der Waals surface area (Å²) in [6, 6.07) is 4.55. The van der Waals surface area contributed by atoms with Crippen LogP contribution in [0.15, 0.2) is 23.0 Å². The molecule has 7 heteroatoms. The summed E-state index contributed by atoms with van der Waals surface area (Å²) in [5.74, 6) is -0.00753. The smallest absolute Gasteiger partial charge is 0.339 e. The number of cyclic esters (lactones) is 1. The molecule has 0 spiro atoms. The zero-order chi connectivity index (χ0) is 17.6. The minimum absolute atomic E-state index is 0.0161. The highest BCUT2D eigenvalue weighted by molar-refractivity contribution is 5.95. The molecule has 0 bridgehead atoms. The number of rotatable bonds is 3. The lowest BCUT2D eigenvalue weighted by Gasteiger charge is -2.16. The first-order valence-corrected chi connectivity index (χ1v) is 7.25. The second-order valence-corrected chi connectivity index (χ2v) is 5.53. The molecule has 1 aliphatic heterocycles. The number of pyridine rings is 1. The van der Waals surface area contributed by atoms with Gasteiger partial charge in [0.1, 0.15) is 11.3 Å². The van der Waals surface area contributed by atoms with E-state index in [1.807, 2.05) is 0 Å². The highest BCUT2D eigenvalue weighted by Gasteiger charge is 2.37. The maximum absolute atomic E-state index is 12.5. The van der Waals surface area contributed by atoms with E-state index in [2.05, 4.69) is 0 Å². The number of carbonyl (C=O) groups excluding carboxylic acids is 1. The number of carbonyl (C=O) groups is 1. The predicted molar refractivity (Wildman–Crippen MR) is 84.9 cm³/mol. The number of ether oxygens (including phenoxy) is 3. The van der Waals surface area contributed by atoms with Crippen LogP contribution in [-0.4, -0.2) is 29.9 Å². The van der Waals surface area contributed by atoms with Gasteiger partial charge in [0, 0.05) is 18.3 Å². The molecule has 0 unspecified atom stereocenters. The molecular formula is C17H17NO6. The van der Waals surface area contributed by atoms with Gasteiger partial charge in [-0.15, -0.1) is 0 Å². The number of aromatic hydroxyl groups is 1. The number of hydrogen-bond acceptors (Lipinski definition) is 6. The Labute approximate surface area is 138 Å². The van der Waals surface area contributed by atoms with Crippen LogP contribution < -0.4 is 15.0 Å². The summed E-state index contributed by atoms with van der Waals surface area (Å²) in [5, 5.41) is 10.2. The molecule has 3 rings (SSSR count). The second-order valence-electron chi connectivity index (χ2n) is 5.53. The van der Waals surface area contributed by atoms with Gasteiger partial charge in [-0.3, -0.25) is 4.79 Å². The van der Waals surface area contributed by atoms with Crippen molar-refractivity contribution in [3.05, 3.63) is 50.9 Å². The molecule has 0 fully saturated rings. The summed E-state index contributed by atoms with van der Waals surface area (Å²) < 4.78 is 17.2. The van der Waals surface area contributed by atoms with Gasteiger partial charge in [0.15, 0.2) is 17.6 Å². The normalized spacial score (nSPS) is 15.8. The Kier molecular flexibility index (Phi) is 3.71. The Morgan fingerprint density at radius 2 is 1.75 bits per heavy atom. The number of methoxy groups -OCH3 is 2. The monoisotopic (exact) mass is 331 g/mol. The SMILES string of the molecule is COc1cc2c(cc1OC)[C@H](c1c(O)cc(C)n(C)c1=O)OC2=O. The van der Waals surface area contributed by atoms with Gasteiger partial charge in [0.2, 0.25) is 0 Å². The van der Waals surface area contributed by atoms with Gasteiger partial charge in [0.25, 0.3) is 5.56 Å². The van der Waals surface area contributed by atoms with Crippen molar-refractivity contribution in [2.24, 2.45) is 7.05 Å². The van der Waals surface area contributed by atoms with Gasteiger partial charge in [-0.25, -0.2) is 4.79 Å². The molecule has 0 aliphatic carbocycles. The number of aryl methyl sites for hydroxylation is 1. The zero-order valence-corrected chi connectivity index (χ0v) is 13.7. The molecule has 2 aromatic rings. The lowest BCUT2D eigenvalue weighted by atomic mass is 9.98. The Hall–Kier alpha value is -2.96. The highest BCUT2D eigenvalue weighted by Crippen LogP contribution is 2.42. The first kappa shape index (κ1) is 15.9. The van der Waals surface area contributed by atoms with Gasteiger partial charge in [-0.05, 0) is 25.1 Å².